The third kappa shape index (κ3) is 5.42. The Bertz CT molecular complexity index is 732. The molecule has 23 heavy (non-hydrogen) atoms. The number of rotatable bonds is 8. The zero-order valence-corrected chi connectivity index (χ0v) is 14.2. The fourth-order valence-electron chi connectivity index (χ4n) is 1.87. The summed E-state index contributed by atoms with van der Waals surface area (Å²) in [7, 11) is -3.57. The highest BCUT2D eigenvalue weighted by Crippen LogP contribution is 2.17. The van der Waals surface area contributed by atoms with Crippen LogP contribution in [-0.4, -0.2) is 28.2 Å². The van der Waals surface area contributed by atoms with E-state index in [1.807, 2.05) is 6.92 Å². The summed E-state index contributed by atoms with van der Waals surface area (Å²) in [6.45, 7) is 2.76. The third-order valence-electron chi connectivity index (χ3n) is 2.90. The molecule has 0 aromatic heterocycles. The minimum Gasteiger partial charge on any atom is -0.494 e. The molecular weight excluding hydrogens is 338 g/mol. The monoisotopic (exact) mass is 355 g/mol. The number of sulfonamides is 1. The summed E-state index contributed by atoms with van der Waals surface area (Å²) < 4.78 is 37.5. The van der Waals surface area contributed by atoms with Crippen molar-refractivity contribution in [2.24, 2.45) is 0 Å². The van der Waals surface area contributed by atoms with Gasteiger partial charge < -0.3 is 9.47 Å². The summed E-state index contributed by atoms with van der Waals surface area (Å²) >= 11 is 5.84. The summed E-state index contributed by atoms with van der Waals surface area (Å²) in [5.41, 5.74) is 0. The van der Waals surface area contributed by atoms with Crippen LogP contribution in [0.4, 0.5) is 0 Å². The molecule has 124 valence electrons. The van der Waals surface area contributed by atoms with E-state index in [1.54, 1.807) is 36.4 Å². The van der Waals surface area contributed by atoms with Crippen LogP contribution in [0.15, 0.2) is 53.4 Å². The van der Waals surface area contributed by atoms with Crippen molar-refractivity contribution in [2.75, 3.05) is 19.8 Å². The molecule has 2 aromatic rings. The van der Waals surface area contributed by atoms with Crippen molar-refractivity contribution in [3.63, 3.8) is 0 Å². The highest BCUT2D eigenvalue weighted by Gasteiger charge is 2.13. The van der Waals surface area contributed by atoms with Crippen LogP contribution in [0.3, 0.4) is 0 Å². The Balaban J connectivity index is 1.86. The van der Waals surface area contributed by atoms with Gasteiger partial charge in [-0.1, -0.05) is 17.7 Å². The third-order valence-corrected chi connectivity index (χ3v) is 4.62. The van der Waals surface area contributed by atoms with E-state index < -0.39 is 10.0 Å². The van der Waals surface area contributed by atoms with Gasteiger partial charge in [0.05, 0.1) is 11.5 Å². The number of nitrogens with one attached hydrogen (secondary N) is 1. The lowest BCUT2D eigenvalue weighted by molar-refractivity contribution is 0.323. The predicted molar refractivity (Wildman–Crippen MR) is 89.7 cm³/mol. The van der Waals surface area contributed by atoms with E-state index in [1.165, 1.54) is 12.1 Å². The SMILES string of the molecule is CCOc1ccc(S(=O)(=O)NCCOc2cccc(Cl)c2)cc1. The predicted octanol–water partition coefficient (Wildman–Crippen LogP) is 3.10. The van der Waals surface area contributed by atoms with Crippen LogP contribution in [0.1, 0.15) is 6.92 Å². The van der Waals surface area contributed by atoms with Gasteiger partial charge in [-0.15, -0.1) is 0 Å². The second kappa shape index (κ2) is 8.19. The lowest BCUT2D eigenvalue weighted by Gasteiger charge is -2.09. The van der Waals surface area contributed by atoms with E-state index in [2.05, 4.69) is 4.72 Å². The highest BCUT2D eigenvalue weighted by molar-refractivity contribution is 7.89. The van der Waals surface area contributed by atoms with Gasteiger partial charge in [-0.2, -0.15) is 0 Å². The minimum absolute atomic E-state index is 0.155. The van der Waals surface area contributed by atoms with Crippen LogP contribution in [-0.2, 0) is 10.0 Å². The van der Waals surface area contributed by atoms with Gasteiger partial charge in [-0.05, 0) is 49.4 Å². The van der Waals surface area contributed by atoms with Crippen molar-refractivity contribution in [1.29, 1.82) is 0 Å². The van der Waals surface area contributed by atoms with E-state index in [-0.39, 0.29) is 18.0 Å². The standard InChI is InChI=1S/C16H18ClNO4S/c1-2-21-14-6-8-16(9-7-14)23(19,20)18-10-11-22-15-5-3-4-13(17)12-15/h3-9,12,18H,2,10-11H2,1H3. The lowest BCUT2D eigenvalue weighted by atomic mass is 10.3. The molecule has 1 N–H and O–H groups in total. The summed E-state index contributed by atoms with van der Waals surface area (Å²) in [5, 5.41) is 0.567. The Hall–Kier alpha value is -1.76. The first-order valence-corrected chi connectivity index (χ1v) is 8.98. The molecule has 5 nitrogen and oxygen atoms in total. The van der Waals surface area contributed by atoms with E-state index in [9.17, 15) is 8.42 Å². The maximum Gasteiger partial charge on any atom is 0.240 e. The summed E-state index contributed by atoms with van der Waals surface area (Å²) in [6.07, 6.45) is 0. The van der Waals surface area contributed by atoms with E-state index >= 15 is 0 Å². The summed E-state index contributed by atoms with van der Waals surface area (Å²) in [6, 6.07) is 13.2. The van der Waals surface area contributed by atoms with Gasteiger partial charge in [0.2, 0.25) is 10.0 Å². The number of hydrogen-bond acceptors (Lipinski definition) is 4. The Labute approximate surface area is 141 Å². The van der Waals surface area contributed by atoms with Gasteiger partial charge in [0.25, 0.3) is 0 Å². The smallest absolute Gasteiger partial charge is 0.240 e. The number of ether oxygens (including phenoxy) is 2. The first kappa shape index (κ1) is 17.6. The Morgan fingerprint density at radius 2 is 1.78 bits per heavy atom. The van der Waals surface area contributed by atoms with Crippen LogP contribution in [0, 0.1) is 0 Å². The topological polar surface area (TPSA) is 64.6 Å². The second-order valence-corrected chi connectivity index (χ2v) is 6.81. The Morgan fingerprint density at radius 1 is 1.04 bits per heavy atom. The molecule has 7 heteroatoms. The molecule has 0 fully saturated rings. The van der Waals surface area contributed by atoms with Crippen molar-refractivity contribution in [1.82, 2.24) is 4.72 Å². The van der Waals surface area contributed by atoms with Gasteiger partial charge in [0.15, 0.2) is 0 Å². The molecule has 0 unspecified atom stereocenters. The van der Waals surface area contributed by atoms with Gasteiger partial charge in [-0.3, -0.25) is 0 Å². The molecule has 0 saturated heterocycles. The molecule has 2 rings (SSSR count). The van der Waals surface area contributed by atoms with Gasteiger partial charge in [0, 0.05) is 11.6 Å². The lowest BCUT2D eigenvalue weighted by Crippen LogP contribution is -2.28. The molecule has 0 aliphatic rings. The number of benzene rings is 2. The highest BCUT2D eigenvalue weighted by atomic mass is 35.5. The first-order chi connectivity index (χ1) is 11.0. The molecule has 0 spiro atoms. The fraction of sp³-hybridized carbons (Fsp3) is 0.250. The maximum absolute atomic E-state index is 12.1. The van der Waals surface area contributed by atoms with Gasteiger partial charge >= 0.3 is 0 Å². The molecule has 0 saturated carbocycles. The van der Waals surface area contributed by atoms with Crippen molar-refractivity contribution in [3.05, 3.63) is 53.6 Å². The summed E-state index contributed by atoms with van der Waals surface area (Å²) in [5.74, 6) is 1.23. The molecule has 2 aromatic carbocycles. The van der Waals surface area contributed by atoms with Crippen LogP contribution in [0.2, 0.25) is 5.02 Å². The van der Waals surface area contributed by atoms with E-state index in [0.717, 1.165) is 0 Å². The summed E-state index contributed by atoms with van der Waals surface area (Å²) in [4.78, 5) is 0.184. The normalized spacial score (nSPS) is 11.2. The molecule has 0 radical (unpaired) electrons. The molecule has 0 heterocycles. The second-order valence-electron chi connectivity index (χ2n) is 4.61. The van der Waals surface area contributed by atoms with Gasteiger partial charge in [-0.25, -0.2) is 13.1 Å². The molecule has 0 aliphatic carbocycles. The molecular formula is C16H18ClNO4S. The van der Waals surface area contributed by atoms with Crippen molar-refractivity contribution < 1.29 is 17.9 Å². The zero-order chi connectivity index (χ0) is 16.7. The fourth-order valence-corrected chi connectivity index (χ4v) is 3.06. The average molecular weight is 356 g/mol. The number of hydrogen-bond donors (Lipinski definition) is 1. The van der Waals surface area contributed by atoms with Crippen molar-refractivity contribution in [3.8, 4) is 11.5 Å². The Kier molecular flexibility index (Phi) is 6.27. The first-order valence-electron chi connectivity index (χ1n) is 7.12. The van der Waals surface area contributed by atoms with Crippen molar-refractivity contribution in [2.45, 2.75) is 11.8 Å². The largest absolute Gasteiger partial charge is 0.494 e. The van der Waals surface area contributed by atoms with Crippen LogP contribution >= 0.6 is 11.6 Å². The molecule has 0 atom stereocenters. The van der Waals surface area contributed by atoms with Crippen LogP contribution < -0.4 is 14.2 Å². The van der Waals surface area contributed by atoms with Crippen LogP contribution in [0.25, 0.3) is 0 Å². The molecule has 0 amide bonds. The quantitative estimate of drug-likeness (QED) is 0.739. The van der Waals surface area contributed by atoms with E-state index in [4.69, 9.17) is 21.1 Å². The minimum atomic E-state index is -3.57. The van der Waals surface area contributed by atoms with Gasteiger partial charge in [0.1, 0.15) is 18.1 Å². The molecule has 0 bridgehead atoms. The van der Waals surface area contributed by atoms with Crippen molar-refractivity contribution >= 4 is 21.6 Å². The number of halogens is 1. The molecule has 0 aliphatic heterocycles. The Morgan fingerprint density at radius 3 is 2.43 bits per heavy atom. The maximum atomic E-state index is 12.1. The van der Waals surface area contributed by atoms with E-state index in [0.29, 0.717) is 23.1 Å². The van der Waals surface area contributed by atoms with Crippen LogP contribution in [0.5, 0.6) is 11.5 Å². The average Bonchev–Trinajstić information content (AvgIpc) is 2.53. The zero-order valence-electron chi connectivity index (χ0n) is 12.7.